The molecule has 11 rings (SSSR count). The molecule has 0 fully saturated rings. The fourth-order valence-corrected chi connectivity index (χ4v) is 9.83. The van der Waals surface area contributed by atoms with E-state index in [1.807, 2.05) is 11.3 Å². The van der Waals surface area contributed by atoms with E-state index in [4.69, 9.17) is 0 Å². The molecule has 0 aliphatic rings. The van der Waals surface area contributed by atoms with E-state index in [0.717, 1.165) is 22.7 Å². The standard InChI is InChI=1S/C52H34N2S/c1-3-14-35(15-4-1)41-19-9-11-24-48(41)53(40-31-33-50-47(34-40)44-21-10-12-25-49(44)54(50)38-17-5-2-6-18-38)39-29-26-37(27-30-39)43-22-13-23-45-46-32-28-36-16-7-8-20-42(36)52(46)55-51(43)45/h1-34H. The number of hydrogen-bond donors (Lipinski definition) is 0. The molecule has 0 saturated carbocycles. The van der Waals surface area contributed by atoms with Crippen molar-refractivity contribution >= 4 is 81.1 Å². The summed E-state index contributed by atoms with van der Waals surface area (Å²) in [4.78, 5) is 2.42. The van der Waals surface area contributed by atoms with E-state index in [0.29, 0.717) is 0 Å². The van der Waals surface area contributed by atoms with Gasteiger partial charge in [-0.2, -0.15) is 0 Å². The van der Waals surface area contributed by atoms with Gasteiger partial charge < -0.3 is 9.47 Å². The maximum absolute atomic E-state index is 2.42. The summed E-state index contributed by atoms with van der Waals surface area (Å²) in [6.07, 6.45) is 0. The average Bonchev–Trinajstić information content (AvgIpc) is 3.81. The van der Waals surface area contributed by atoms with Crippen molar-refractivity contribution in [2.24, 2.45) is 0 Å². The van der Waals surface area contributed by atoms with Crippen LogP contribution in [0.15, 0.2) is 206 Å². The molecule has 2 nitrogen and oxygen atoms in total. The largest absolute Gasteiger partial charge is 0.310 e. The minimum absolute atomic E-state index is 1.10. The summed E-state index contributed by atoms with van der Waals surface area (Å²) in [5, 5.41) is 7.70. The third kappa shape index (κ3) is 5.16. The Morgan fingerprint density at radius 2 is 0.982 bits per heavy atom. The lowest BCUT2D eigenvalue weighted by atomic mass is 10.00. The molecule has 9 aromatic carbocycles. The molecule has 55 heavy (non-hydrogen) atoms. The molecule has 0 unspecified atom stereocenters. The number of benzene rings is 9. The number of thiophene rings is 1. The number of rotatable bonds is 6. The second-order valence-corrected chi connectivity index (χ2v) is 15.1. The third-order valence-corrected chi connectivity index (χ3v) is 12.3. The molecule has 3 heteroatoms. The second-order valence-electron chi connectivity index (χ2n) is 14.1. The van der Waals surface area contributed by atoms with Crippen LogP contribution in [0.1, 0.15) is 0 Å². The summed E-state index contributed by atoms with van der Waals surface area (Å²) in [6, 6.07) is 75.0. The van der Waals surface area contributed by atoms with Gasteiger partial charge in [-0.05, 0) is 82.1 Å². The van der Waals surface area contributed by atoms with Crippen molar-refractivity contribution in [3.8, 4) is 27.9 Å². The molecular weight excluding hydrogens is 685 g/mol. The number of fused-ring (bicyclic) bond motifs is 8. The Kier molecular flexibility index (Phi) is 7.39. The summed E-state index contributed by atoms with van der Waals surface area (Å²) in [7, 11) is 0. The molecule has 2 heterocycles. The number of aromatic nitrogens is 1. The van der Waals surface area contributed by atoms with Gasteiger partial charge in [0.2, 0.25) is 0 Å². The maximum atomic E-state index is 2.42. The van der Waals surface area contributed by atoms with Crippen molar-refractivity contribution in [2.75, 3.05) is 4.90 Å². The van der Waals surface area contributed by atoms with Gasteiger partial charge in [-0.15, -0.1) is 11.3 Å². The predicted molar refractivity (Wildman–Crippen MR) is 237 cm³/mol. The molecule has 0 bridgehead atoms. The summed E-state index contributed by atoms with van der Waals surface area (Å²) < 4.78 is 5.06. The second kappa shape index (κ2) is 12.9. The molecule has 0 saturated heterocycles. The monoisotopic (exact) mass is 718 g/mol. The van der Waals surface area contributed by atoms with Crippen LogP contribution in [-0.2, 0) is 0 Å². The Hall–Kier alpha value is -6.94. The van der Waals surface area contributed by atoms with E-state index >= 15 is 0 Å². The highest BCUT2D eigenvalue weighted by molar-refractivity contribution is 7.27. The van der Waals surface area contributed by atoms with Crippen LogP contribution < -0.4 is 4.90 Å². The van der Waals surface area contributed by atoms with Crippen molar-refractivity contribution in [1.82, 2.24) is 4.57 Å². The Bertz CT molecular complexity index is 3190. The van der Waals surface area contributed by atoms with E-state index < -0.39 is 0 Å². The Morgan fingerprint density at radius 1 is 0.364 bits per heavy atom. The zero-order valence-electron chi connectivity index (χ0n) is 29.9. The average molecular weight is 719 g/mol. The number of hydrogen-bond acceptors (Lipinski definition) is 2. The topological polar surface area (TPSA) is 8.17 Å². The zero-order chi connectivity index (χ0) is 36.3. The minimum atomic E-state index is 1.10. The van der Waals surface area contributed by atoms with Crippen LogP contribution in [0.5, 0.6) is 0 Å². The van der Waals surface area contributed by atoms with Crippen molar-refractivity contribution in [1.29, 1.82) is 0 Å². The number of anilines is 3. The van der Waals surface area contributed by atoms with Crippen molar-refractivity contribution in [3.05, 3.63) is 206 Å². The first-order valence-corrected chi connectivity index (χ1v) is 19.6. The molecule has 0 radical (unpaired) electrons. The van der Waals surface area contributed by atoms with Crippen molar-refractivity contribution in [2.45, 2.75) is 0 Å². The number of nitrogens with zero attached hydrogens (tertiary/aromatic N) is 2. The van der Waals surface area contributed by atoms with Gasteiger partial charge in [-0.25, -0.2) is 0 Å². The zero-order valence-corrected chi connectivity index (χ0v) is 30.7. The smallest absolute Gasteiger partial charge is 0.0542 e. The van der Waals surface area contributed by atoms with E-state index in [1.54, 1.807) is 0 Å². The lowest BCUT2D eigenvalue weighted by Crippen LogP contribution is -2.11. The molecule has 0 atom stereocenters. The fraction of sp³-hybridized carbons (Fsp3) is 0. The van der Waals surface area contributed by atoms with Gasteiger partial charge in [0.1, 0.15) is 0 Å². The van der Waals surface area contributed by atoms with Gasteiger partial charge in [0.05, 0.1) is 16.7 Å². The van der Waals surface area contributed by atoms with E-state index in [-0.39, 0.29) is 0 Å². The SMILES string of the molecule is c1ccc(-c2ccccc2N(c2ccc(-c3cccc4c3sc3c5ccccc5ccc43)cc2)c2ccc3c(c2)c2ccccc2n3-c2ccccc2)cc1. The summed E-state index contributed by atoms with van der Waals surface area (Å²) >= 11 is 1.91. The Labute approximate surface area is 323 Å². The normalized spacial score (nSPS) is 11.6. The molecule has 0 amide bonds. The lowest BCUT2D eigenvalue weighted by Gasteiger charge is -2.28. The van der Waals surface area contributed by atoms with E-state index in [1.165, 1.54) is 75.0 Å². The van der Waals surface area contributed by atoms with Crippen LogP contribution >= 0.6 is 11.3 Å². The van der Waals surface area contributed by atoms with Crippen LogP contribution in [-0.4, -0.2) is 4.57 Å². The third-order valence-electron chi connectivity index (χ3n) is 11.0. The van der Waals surface area contributed by atoms with Gasteiger partial charge in [-0.3, -0.25) is 0 Å². The highest BCUT2D eigenvalue weighted by Gasteiger charge is 2.20. The van der Waals surface area contributed by atoms with Crippen LogP contribution in [0.2, 0.25) is 0 Å². The van der Waals surface area contributed by atoms with Crippen molar-refractivity contribution in [3.63, 3.8) is 0 Å². The molecule has 0 aliphatic carbocycles. The maximum Gasteiger partial charge on any atom is 0.0542 e. The molecule has 11 aromatic rings. The van der Waals surface area contributed by atoms with Crippen LogP contribution in [0.4, 0.5) is 17.1 Å². The summed E-state index contributed by atoms with van der Waals surface area (Å²) in [6.45, 7) is 0. The predicted octanol–water partition coefficient (Wildman–Crippen LogP) is 15.1. The van der Waals surface area contributed by atoms with E-state index in [2.05, 4.69) is 216 Å². The number of para-hydroxylation sites is 3. The van der Waals surface area contributed by atoms with Crippen LogP contribution in [0, 0.1) is 0 Å². The minimum Gasteiger partial charge on any atom is -0.310 e. The first-order valence-electron chi connectivity index (χ1n) is 18.8. The highest BCUT2D eigenvalue weighted by atomic mass is 32.1. The lowest BCUT2D eigenvalue weighted by molar-refractivity contribution is 1.18. The molecule has 258 valence electrons. The van der Waals surface area contributed by atoms with Gasteiger partial charge in [0, 0.05) is 53.6 Å². The van der Waals surface area contributed by atoms with Gasteiger partial charge in [-0.1, -0.05) is 152 Å². The van der Waals surface area contributed by atoms with Gasteiger partial charge in [0.25, 0.3) is 0 Å². The highest BCUT2D eigenvalue weighted by Crippen LogP contribution is 2.46. The first-order chi connectivity index (χ1) is 27.3. The first kappa shape index (κ1) is 31.6. The van der Waals surface area contributed by atoms with Gasteiger partial charge in [0.15, 0.2) is 0 Å². The Balaban J connectivity index is 1.10. The summed E-state index contributed by atoms with van der Waals surface area (Å²) in [5.41, 5.74) is 11.7. The Morgan fingerprint density at radius 3 is 1.84 bits per heavy atom. The fourth-order valence-electron chi connectivity index (χ4n) is 8.46. The molecule has 2 aromatic heterocycles. The van der Waals surface area contributed by atoms with Crippen molar-refractivity contribution < 1.29 is 0 Å². The quantitative estimate of drug-likeness (QED) is 0.166. The van der Waals surface area contributed by atoms with Gasteiger partial charge >= 0.3 is 0 Å². The molecule has 0 N–H and O–H groups in total. The molecular formula is C52H34N2S. The van der Waals surface area contributed by atoms with Crippen LogP contribution in [0.25, 0.3) is 80.7 Å². The molecule has 0 spiro atoms. The molecule has 0 aliphatic heterocycles. The van der Waals surface area contributed by atoms with Crippen LogP contribution in [0.3, 0.4) is 0 Å². The summed E-state index contributed by atoms with van der Waals surface area (Å²) in [5.74, 6) is 0. The van der Waals surface area contributed by atoms with E-state index in [9.17, 15) is 0 Å².